The number of piperidine rings is 1. The number of anilines is 2. The largest absolute Gasteiger partial charge is 0.442 e. The summed E-state index contributed by atoms with van der Waals surface area (Å²) in [5.41, 5.74) is -0.152. The lowest BCUT2D eigenvalue weighted by Gasteiger charge is -2.34. The van der Waals surface area contributed by atoms with E-state index in [1.54, 1.807) is 38.1 Å². The number of carbonyl (C=O) groups excluding carboxylic acids is 1. The van der Waals surface area contributed by atoms with Gasteiger partial charge < -0.3 is 19.4 Å². The number of hydrogen-bond acceptors (Lipinski definition) is 11. The molecule has 0 bridgehead atoms. The highest BCUT2D eigenvalue weighted by Gasteiger charge is 2.40. The molecule has 43 heavy (non-hydrogen) atoms. The Morgan fingerprint density at radius 2 is 1.72 bits per heavy atom. The Balaban J connectivity index is 1.02. The summed E-state index contributed by atoms with van der Waals surface area (Å²) in [6.45, 7) is 5.70. The zero-order valence-corrected chi connectivity index (χ0v) is 23.9. The molecule has 12 nitrogen and oxygen atoms in total. The van der Waals surface area contributed by atoms with Gasteiger partial charge in [-0.15, -0.1) is 10.2 Å². The number of rotatable bonds is 7. The predicted molar refractivity (Wildman–Crippen MR) is 146 cm³/mol. The van der Waals surface area contributed by atoms with Gasteiger partial charge in [0.15, 0.2) is 24.0 Å². The summed E-state index contributed by atoms with van der Waals surface area (Å²) in [5.74, 6) is -1.52. The Morgan fingerprint density at radius 1 is 1.07 bits per heavy atom. The van der Waals surface area contributed by atoms with Crippen LogP contribution in [-0.2, 0) is 34.8 Å². The van der Waals surface area contributed by atoms with Gasteiger partial charge in [0, 0.05) is 44.4 Å². The van der Waals surface area contributed by atoms with Gasteiger partial charge in [-0.3, -0.25) is 4.79 Å². The molecular formula is C28H30F3N9O3. The molecule has 1 fully saturated rings. The van der Waals surface area contributed by atoms with E-state index in [-0.39, 0.29) is 49.2 Å². The molecular weight excluding hydrogens is 567 g/mol. The summed E-state index contributed by atoms with van der Waals surface area (Å²) in [7, 11) is 0. The zero-order chi connectivity index (χ0) is 30.4. The molecule has 15 heteroatoms. The molecule has 1 aliphatic carbocycles. The molecule has 1 N–H and O–H groups in total. The molecule has 0 unspecified atom stereocenters. The standard InChI is InChI=1S/C28H30F3N9O3/c1-27(2,3)24(41)42-15-40-14-22(35-38-40)28(31)4-6-39(7-5-28)26-37-36-23(43-26)18-12-32-25(33-13-18)34-19-8-16-10-20(29)21(30)11-17(16)9-19/h10-14,19H,4-9,15H2,1-3H3,(H,32,33,34). The number of halogens is 3. The summed E-state index contributed by atoms with van der Waals surface area (Å²) >= 11 is 0. The van der Waals surface area contributed by atoms with Gasteiger partial charge in [0.05, 0.1) is 17.2 Å². The van der Waals surface area contributed by atoms with Gasteiger partial charge >= 0.3 is 12.0 Å². The minimum absolute atomic E-state index is 0.0886. The molecule has 0 radical (unpaired) electrons. The van der Waals surface area contributed by atoms with Crippen molar-refractivity contribution in [1.29, 1.82) is 0 Å². The summed E-state index contributed by atoms with van der Waals surface area (Å²) in [6.07, 6.45) is 5.85. The Morgan fingerprint density at radius 3 is 2.35 bits per heavy atom. The SMILES string of the molecule is CC(C)(C)C(=O)OCn1cc(C2(F)CCN(c3nnc(-c4cnc(NC5Cc6cc(F)c(F)cc6C5)nc4)o3)CC2)nn1. The van der Waals surface area contributed by atoms with Gasteiger partial charge in [0.25, 0.3) is 5.89 Å². The van der Waals surface area contributed by atoms with Crippen LogP contribution in [0.3, 0.4) is 0 Å². The number of alkyl halides is 1. The zero-order valence-electron chi connectivity index (χ0n) is 23.9. The van der Waals surface area contributed by atoms with Crippen LogP contribution in [0.2, 0.25) is 0 Å². The van der Waals surface area contributed by atoms with Crippen LogP contribution in [0.25, 0.3) is 11.5 Å². The summed E-state index contributed by atoms with van der Waals surface area (Å²) in [4.78, 5) is 22.4. The maximum absolute atomic E-state index is 15.8. The van der Waals surface area contributed by atoms with Crippen LogP contribution in [0.5, 0.6) is 0 Å². The average molecular weight is 598 g/mol. The minimum atomic E-state index is -1.70. The van der Waals surface area contributed by atoms with Crippen LogP contribution in [0, 0.1) is 17.0 Å². The van der Waals surface area contributed by atoms with E-state index in [1.807, 2.05) is 0 Å². The van der Waals surface area contributed by atoms with Crippen molar-refractivity contribution in [3.63, 3.8) is 0 Å². The van der Waals surface area contributed by atoms with Crippen molar-refractivity contribution < 1.29 is 27.1 Å². The third-order valence-electron chi connectivity index (χ3n) is 7.59. The third kappa shape index (κ3) is 6.01. The molecule has 226 valence electrons. The number of fused-ring (bicyclic) bond motifs is 1. The lowest BCUT2D eigenvalue weighted by molar-refractivity contribution is -0.157. The number of nitrogens with zero attached hydrogens (tertiary/aromatic N) is 8. The molecule has 4 heterocycles. The molecule has 3 aromatic heterocycles. The number of aromatic nitrogens is 7. The van der Waals surface area contributed by atoms with E-state index in [2.05, 4.69) is 35.8 Å². The van der Waals surface area contributed by atoms with Crippen LogP contribution >= 0.6 is 0 Å². The first-order valence-electron chi connectivity index (χ1n) is 13.9. The van der Waals surface area contributed by atoms with Crippen LogP contribution in [0.1, 0.15) is 50.4 Å². The van der Waals surface area contributed by atoms with E-state index < -0.39 is 22.7 Å². The average Bonchev–Trinajstić information content (AvgIpc) is 3.73. The maximum Gasteiger partial charge on any atom is 0.318 e. The van der Waals surface area contributed by atoms with Crippen LogP contribution in [0.15, 0.2) is 35.1 Å². The van der Waals surface area contributed by atoms with Gasteiger partial charge in [0.2, 0.25) is 5.95 Å². The van der Waals surface area contributed by atoms with E-state index in [4.69, 9.17) is 9.15 Å². The number of hydrogen-bond donors (Lipinski definition) is 1. The van der Waals surface area contributed by atoms with Crippen molar-refractivity contribution in [2.45, 2.75) is 64.9 Å². The topological polar surface area (TPSA) is 137 Å². The third-order valence-corrected chi connectivity index (χ3v) is 7.59. The van der Waals surface area contributed by atoms with E-state index in [0.717, 1.165) is 11.1 Å². The normalized spacial score (nSPS) is 16.7. The predicted octanol–water partition coefficient (Wildman–Crippen LogP) is 3.99. The summed E-state index contributed by atoms with van der Waals surface area (Å²) in [6, 6.07) is 2.63. The molecule has 0 amide bonds. The number of ether oxygens (including phenoxy) is 1. The molecule has 0 spiro atoms. The first-order chi connectivity index (χ1) is 20.5. The molecule has 6 rings (SSSR count). The first kappa shape index (κ1) is 28.6. The lowest BCUT2D eigenvalue weighted by Crippen LogP contribution is -2.40. The van der Waals surface area contributed by atoms with E-state index in [9.17, 15) is 13.6 Å². The first-order valence-corrected chi connectivity index (χ1v) is 13.9. The van der Waals surface area contributed by atoms with Gasteiger partial charge in [-0.25, -0.2) is 27.8 Å². The fourth-order valence-corrected chi connectivity index (χ4v) is 5.09. The van der Waals surface area contributed by atoms with Crippen molar-refractivity contribution in [2.24, 2.45) is 5.41 Å². The van der Waals surface area contributed by atoms with Gasteiger partial charge in [0.1, 0.15) is 5.69 Å². The molecule has 0 atom stereocenters. The fraction of sp³-hybridized carbons (Fsp3) is 0.464. The van der Waals surface area contributed by atoms with Crippen molar-refractivity contribution in [2.75, 3.05) is 23.3 Å². The highest BCUT2D eigenvalue weighted by atomic mass is 19.2. The smallest absolute Gasteiger partial charge is 0.318 e. The number of esters is 1. The van der Waals surface area contributed by atoms with Crippen molar-refractivity contribution >= 4 is 17.9 Å². The Bertz CT molecular complexity index is 1600. The molecule has 2 aliphatic rings. The monoisotopic (exact) mass is 597 g/mol. The highest BCUT2D eigenvalue weighted by Crippen LogP contribution is 2.37. The highest BCUT2D eigenvalue weighted by molar-refractivity contribution is 5.75. The second kappa shape index (κ2) is 10.9. The van der Waals surface area contributed by atoms with E-state index >= 15 is 4.39 Å². The molecule has 1 aliphatic heterocycles. The quantitative estimate of drug-likeness (QED) is 0.310. The second-order valence-electron chi connectivity index (χ2n) is 11.9. The Labute approximate surface area is 244 Å². The van der Waals surface area contributed by atoms with E-state index in [1.165, 1.54) is 23.0 Å². The number of nitrogens with one attached hydrogen (secondary N) is 1. The second-order valence-corrected chi connectivity index (χ2v) is 11.9. The number of carbonyl (C=O) groups is 1. The summed E-state index contributed by atoms with van der Waals surface area (Å²) < 4.78 is 55.3. The van der Waals surface area contributed by atoms with Crippen LogP contribution < -0.4 is 10.2 Å². The van der Waals surface area contributed by atoms with Crippen LogP contribution in [0.4, 0.5) is 25.1 Å². The molecule has 0 saturated carbocycles. The van der Waals surface area contributed by atoms with Gasteiger partial charge in [-0.05, 0) is 56.9 Å². The Kier molecular flexibility index (Phi) is 7.26. The lowest BCUT2D eigenvalue weighted by atomic mass is 9.91. The van der Waals surface area contributed by atoms with Crippen molar-refractivity contribution in [3.8, 4) is 11.5 Å². The number of benzene rings is 1. The summed E-state index contributed by atoms with van der Waals surface area (Å²) in [5, 5.41) is 19.3. The van der Waals surface area contributed by atoms with Crippen molar-refractivity contribution in [3.05, 3.63) is 59.2 Å². The van der Waals surface area contributed by atoms with E-state index in [0.29, 0.717) is 37.4 Å². The van der Waals surface area contributed by atoms with Gasteiger partial charge in [-0.2, -0.15) is 0 Å². The minimum Gasteiger partial charge on any atom is -0.442 e. The fourth-order valence-electron chi connectivity index (χ4n) is 5.09. The maximum atomic E-state index is 15.8. The molecule has 4 aromatic rings. The van der Waals surface area contributed by atoms with Gasteiger partial charge in [-0.1, -0.05) is 10.3 Å². The molecule has 1 saturated heterocycles. The molecule has 1 aromatic carbocycles. The van der Waals surface area contributed by atoms with Crippen LogP contribution in [-0.4, -0.2) is 60.3 Å². The Hall–Kier alpha value is -4.56. The van der Waals surface area contributed by atoms with Crippen molar-refractivity contribution in [1.82, 2.24) is 35.2 Å².